The first-order valence-corrected chi connectivity index (χ1v) is 47.8. The van der Waals surface area contributed by atoms with Gasteiger partial charge in [-0.3, -0.25) is 0 Å². The van der Waals surface area contributed by atoms with E-state index in [1.807, 2.05) is 79.9 Å². The summed E-state index contributed by atoms with van der Waals surface area (Å²) >= 11 is 0. The molecule has 4 aliphatic heterocycles. The molecule has 3 unspecified atom stereocenters. The number of halogens is 4. The lowest BCUT2D eigenvalue weighted by Gasteiger charge is -2.51. The molecule has 4 aromatic heterocycles. The van der Waals surface area contributed by atoms with Crippen molar-refractivity contribution in [2.45, 2.75) is 216 Å². The first kappa shape index (κ1) is 95.1. The van der Waals surface area contributed by atoms with Gasteiger partial charge in [0, 0.05) is 90.0 Å². The predicted octanol–water partition coefficient (Wildman–Crippen LogP) is 18.8. The quantitative estimate of drug-likeness (QED) is 0.0513. The average Bonchev–Trinajstić information content (AvgIpc) is 1.53. The summed E-state index contributed by atoms with van der Waals surface area (Å²) in [5.74, 6) is -3.94. The standard InChI is InChI=1S/C36H37FN2O4.3C24H29FN2O4/c1-35-20-28-21-38-39(31-16-14-30(37)15-17-31)32(28)19-29(35)13-8-18-36(35)42-33(24-40-22-26-9-4-2-5-10-26)34(43-36)25-41-23-27-11-6-3-7-12-27;3*1-23-12-16-13-26-27(19-8-6-18(25)7-9-19)20(16)11-17(23)5-4-10-24(23)30-21(14-28-2)22(31-24)15-29-3/h2-7,9-12,14-17,19,21,33-34H,8,13,18,20,22-25H2,1H3;3*6-9,11,13,21-22H,4-5,10,12,14-15H2,1-3H3/t33-,34-,35?;2*21-,22-,23?;21-,22-,23-/m1100/s1. The van der Waals surface area contributed by atoms with E-state index >= 15 is 0 Å². The normalized spacial score (nSPS) is 27.4. The Balaban J connectivity index is 0.000000118. The molecule has 4 saturated carbocycles. The molecule has 4 saturated heterocycles. The van der Waals surface area contributed by atoms with Crippen molar-refractivity contribution in [3.63, 3.8) is 0 Å². The van der Waals surface area contributed by atoms with Crippen LogP contribution in [0.3, 0.4) is 0 Å². The smallest absolute Gasteiger partial charge is 0.178 e. The number of rotatable bonds is 24. The average molecular weight is 1870 g/mol. The molecule has 4 spiro atoms. The first-order chi connectivity index (χ1) is 66.0. The summed E-state index contributed by atoms with van der Waals surface area (Å²) in [6, 6.07) is 46.2. The van der Waals surface area contributed by atoms with Gasteiger partial charge in [0.25, 0.3) is 0 Å². The summed E-state index contributed by atoms with van der Waals surface area (Å²) < 4.78 is 160. The third-order valence-electron chi connectivity index (χ3n) is 30.4. The number of hydrogen-bond acceptors (Lipinski definition) is 20. The van der Waals surface area contributed by atoms with Crippen LogP contribution in [-0.2, 0) is 115 Å². The topological polar surface area (TPSA) is 219 Å². The van der Waals surface area contributed by atoms with Crippen molar-refractivity contribution in [1.82, 2.24) is 39.1 Å². The largest absolute Gasteiger partial charge is 0.382 e. The van der Waals surface area contributed by atoms with Crippen LogP contribution in [-0.4, -0.2) is 207 Å². The zero-order valence-electron chi connectivity index (χ0n) is 79.3. The summed E-state index contributed by atoms with van der Waals surface area (Å²) in [6.07, 6.45) is 29.3. The van der Waals surface area contributed by atoms with Crippen molar-refractivity contribution in [2.75, 3.05) is 95.5 Å². The molecule has 22 rings (SSSR count). The van der Waals surface area contributed by atoms with E-state index in [9.17, 15) is 17.6 Å². The van der Waals surface area contributed by atoms with Crippen LogP contribution in [0.25, 0.3) is 47.1 Å². The Labute approximate surface area is 792 Å². The van der Waals surface area contributed by atoms with Gasteiger partial charge < -0.3 is 75.8 Å². The zero-order chi connectivity index (χ0) is 94.2. The van der Waals surface area contributed by atoms with E-state index in [1.54, 1.807) is 91.2 Å². The van der Waals surface area contributed by atoms with Crippen LogP contribution in [0.15, 0.2) is 205 Å². The molecule has 8 fully saturated rings. The van der Waals surface area contributed by atoms with E-state index in [4.69, 9.17) is 80.9 Å². The lowest BCUT2D eigenvalue weighted by molar-refractivity contribution is -0.252. The van der Waals surface area contributed by atoms with Gasteiger partial charge in [-0.2, -0.15) is 20.4 Å². The van der Waals surface area contributed by atoms with Crippen LogP contribution in [0.2, 0.25) is 0 Å². The third-order valence-corrected chi connectivity index (χ3v) is 30.4. The van der Waals surface area contributed by atoms with Gasteiger partial charge in [0.2, 0.25) is 0 Å². The van der Waals surface area contributed by atoms with Gasteiger partial charge in [-0.25, -0.2) is 36.3 Å². The van der Waals surface area contributed by atoms with Crippen molar-refractivity contribution in [2.24, 2.45) is 21.7 Å². The molecular weight excluding hydrogens is 1740 g/mol. The van der Waals surface area contributed by atoms with E-state index in [2.05, 4.69) is 91.6 Å². The molecule has 8 aliphatic carbocycles. The van der Waals surface area contributed by atoms with Crippen molar-refractivity contribution in [1.29, 1.82) is 0 Å². The minimum absolute atomic E-state index is 0.163. The molecule has 0 N–H and O–H groups in total. The lowest BCUT2D eigenvalue weighted by atomic mass is 9.62. The van der Waals surface area contributed by atoms with Crippen molar-refractivity contribution < 1.29 is 93.4 Å². The van der Waals surface area contributed by atoms with Gasteiger partial charge in [-0.05, 0) is 232 Å². The fourth-order valence-corrected chi connectivity index (χ4v) is 23.3. The summed E-state index contributed by atoms with van der Waals surface area (Å²) in [5.41, 5.74) is 18.3. The second-order valence-electron chi connectivity index (χ2n) is 38.9. The fraction of sp³-hybridized carbons (Fsp3) is 0.481. The molecule has 0 radical (unpaired) electrons. The number of nitrogens with zero attached hydrogens (tertiary/aromatic N) is 8. The van der Waals surface area contributed by atoms with E-state index in [1.165, 1.54) is 70.8 Å². The Morgan fingerprint density at radius 3 is 0.699 bits per heavy atom. The van der Waals surface area contributed by atoms with Gasteiger partial charge >= 0.3 is 0 Å². The highest BCUT2D eigenvalue weighted by atomic mass is 19.1. The van der Waals surface area contributed by atoms with Crippen LogP contribution in [0.4, 0.5) is 17.6 Å². The molecule has 0 amide bonds. The van der Waals surface area contributed by atoms with Gasteiger partial charge in [-0.15, -0.1) is 0 Å². The van der Waals surface area contributed by atoms with Crippen molar-refractivity contribution in [3.8, 4) is 22.7 Å². The maximum Gasteiger partial charge on any atom is 0.178 e. The van der Waals surface area contributed by atoms with E-state index in [0.717, 1.165) is 182 Å². The number of benzene rings is 6. The van der Waals surface area contributed by atoms with Gasteiger partial charge in [0.15, 0.2) is 23.1 Å². The first-order valence-electron chi connectivity index (χ1n) is 47.8. The molecule has 24 nitrogen and oxygen atoms in total. The van der Waals surface area contributed by atoms with Crippen LogP contribution < -0.4 is 0 Å². The van der Waals surface area contributed by atoms with Crippen molar-refractivity contribution in [3.05, 3.63) is 284 Å². The molecule has 720 valence electrons. The Morgan fingerprint density at radius 2 is 0.493 bits per heavy atom. The van der Waals surface area contributed by atoms with E-state index < -0.39 is 23.1 Å². The Kier molecular flexibility index (Phi) is 27.9. The minimum atomic E-state index is -0.797. The maximum absolute atomic E-state index is 13.6. The highest BCUT2D eigenvalue weighted by molar-refractivity contribution is 5.66. The molecule has 12 aliphatic rings. The number of methoxy groups -OCH3 is 6. The molecular formula is C108H124F4N8O16. The molecule has 8 heterocycles. The van der Waals surface area contributed by atoms with E-state index in [0.29, 0.717) is 66.1 Å². The lowest BCUT2D eigenvalue weighted by Crippen LogP contribution is -2.54. The number of fused-ring (bicyclic) bond motifs is 12. The van der Waals surface area contributed by atoms with Crippen LogP contribution >= 0.6 is 0 Å². The zero-order valence-corrected chi connectivity index (χ0v) is 79.3. The van der Waals surface area contributed by atoms with Gasteiger partial charge in [0.05, 0.1) is 136 Å². The SMILES string of the molecule is CC12Cc3cnn(-c4ccc(F)cc4)c3C=C1CCCC21O[C@H](COCc2ccccc2)[C@@H](COCc2ccccc2)O1.COC[C@@H]1OC2(CCCC3=Cc4c(cnn4-c4ccc(F)cc4)CC32C)O[C@H]1COC.COC[C@@H]1OC2(CCCC3=Cc4c(cnn4-c4ccc(F)cc4)C[C@@]32C)O[C@H]1COC.COC[C@H]1OC2(CCCC3=Cc4c(cnn4-c4ccc(F)cc4)CC32C)O[C@@H]1COC. The Bertz CT molecular complexity index is 5470. The Morgan fingerprint density at radius 1 is 0.287 bits per heavy atom. The fourth-order valence-electron chi connectivity index (χ4n) is 23.3. The molecule has 6 aromatic carbocycles. The molecule has 12 atom stereocenters. The van der Waals surface area contributed by atoms with Crippen LogP contribution in [0.5, 0.6) is 0 Å². The summed E-state index contributed by atoms with van der Waals surface area (Å²) in [7, 11) is 10.1. The van der Waals surface area contributed by atoms with Gasteiger partial charge in [-0.1, -0.05) is 111 Å². The Hall–Kier alpha value is -9.80. The van der Waals surface area contributed by atoms with Crippen LogP contribution in [0, 0.1) is 44.9 Å². The summed E-state index contributed by atoms with van der Waals surface area (Å²) in [6.45, 7) is 13.7. The minimum Gasteiger partial charge on any atom is -0.382 e. The number of hydrogen-bond donors (Lipinski definition) is 0. The van der Waals surface area contributed by atoms with Crippen molar-refractivity contribution >= 4 is 24.3 Å². The molecule has 28 heteroatoms. The summed E-state index contributed by atoms with van der Waals surface area (Å²) in [5, 5.41) is 18.6. The highest BCUT2D eigenvalue weighted by Crippen LogP contribution is 2.63. The third kappa shape index (κ3) is 17.9. The predicted molar refractivity (Wildman–Crippen MR) is 502 cm³/mol. The van der Waals surface area contributed by atoms with E-state index in [-0.39, 0.29) is 93.8 Å². The molecule has 136 heavy (non-hydrogen) atoms. The molecule has 0 bridgehead atoms. The van der Waals surface area contributed by atoms with Crippen LogP contribution in [0.1, 0.15) is 161 Å². The maximum atomic E-state index is 13.6. The van der Waals surface area contributed by atoms with Gasteiger partial charge in [0.1, 0.15) is 72.1 Å². The molecule has 10 aromatic rings. The second-order valence-corrected chi connectivity index (χ2v) is 38.9. The number of ether oxygens (including phenoxy) is 16. The summed E-state index contributed by atoms with van der Waals surface area (Å²) in [4.78, 5) is 0. The second kappa shape index (κ2) is 39.8. The monoisotopic (exact) mass is 1860 g/mol. The number of aromatic nitrogens is 8. The highest BCUT2D eigenvalue weighted by Gasteiger charge is 2.67.